The Morgan fingerprint density at radius 2 is 1.80 bits per heavy atom. The van der Waals surface area contributed by atoms with Crippen LogP contribution in [0.3, 0.4) is 0 Å². The van der Waals surface area contributed by atoms with Crippen LogP contribution in [0.2, 0.25) is 0 Å². The van der Waals surface area contributed by atoms with E-state index in [0.717, 1.165) is 12.5 Å². The first kappa shape index (κ1) is 16.3. The van der Waals surface area contributed by atoms with Crippen molar-refractivity contribution in [1.29, 1.82) is 0 Å². The van der Waals surface area contributed by atoms with E-state index in [4.69, 9.17) is 5.73 Å². The Morgan fingerprint density at radius 3 is 2.30 bits per heavy atom. The molecular weight excluding hydrogens is 246 g/mol. The second-order valence-corrected chi connectivity index (χ2v) is 7.94. The van der Waals surface area contributed by atoms with Crippen molar-refractivity contribution >= 4 is 0 Å². The molecular formula is C17H35N3. The van der Waals surface area contributed by atoms with E-state index in [1.165, 1.54) is 58.3 Å². The number of nitrogens with two attached hydrogens (primary N) is 1. The minimum absolute atomic E-state index is 0.306. The highest BCUT2D eigenvalue weighted by Crippen LogP contribution is 2.38. The number of hydrogen-bond acceptors (Lipinski definition) is 3. The molecule has 0 spiro atoms. The molecule has 2 rings (SSSR count). The summed E-state index contributed by atoms with van der Waals surface area (Å²) in [6, 6.07) is 0. The molecule has 2 fully saturated rings. The van der Waals surface area contributed by atoms with Crippen molar-refractivity contribution in [3.05, 3.63) is 0 Å². The Bertz CT molecular complexity index is 302. The summed E-state index contributed by atoms with van der Waals surface area (Å²) in [5.74, 6) is 0.896. The Balaban J connectivity index is 1.99. The fourth-order valence-electron chi connectivity index (χ4n) is 4.26. The monoisotopic (exact) mass is 281 g/mol. The molecule has 0 radical (unpaired) electrons. The van der Waals surface area contributed by atoms with Crippen molar-refractivity contribution in [2.45, 2.75) is 70.9 Å². The second-order valence-electron chi connectivity index (χ2n) is 7.94. The first-order valence-electron chi connectivity index (χ1n) is 8.61. The van der Waals surface area contributed by atoms with Gasteiger partial charge < -0.3 is 5.73 Å². The van der Waals surface area contributed by atoms with Crippen LogP contribution >= 0.6 is 0 Å². The first-order valence-corrected chi connectivity index (χ1v) is 8.61. The molecule has 2 unspecified atom stereocenters. The summed E-state index contributed by atoms with van der Waals surface area (Å²) in [6.07, 6.45) is 6.75. The summed E-state index contributed by atoms with van der Waals surface area (Å²) in [5, 5.41) is 0. The molecule has 0 bridgehead atoms. The van der Waals surface area contributed by atoms with Crippen LogP contribution in [0.1, 0.15) is 59.8 Å². The number of piperazine rings is 1. The lowest BCUT2D eigenvalue weighted by molar-refractivity contribution is -0.0224. The van der Waals surface area contributed by atoms with Crippen LogP contribution in [-0.2, 0) is 0 Å². The van der Waals surface area contributed by atoms with Crippen molar-refractivity contribution in [1.82, 2.24) is 9.80 Å². The molecule has 0 aromatic rings. The number of rotatable bonds is 3. The van der Waals surface area contributed by atoms with E-state index in [9.17, 15) is 0 Å². The maximum absolute atomic E-state index is 6.25. The van der Waals surface area contributed by atoms with E-state index < -0.39 is 0 Å². The summed E-state index contributed by atoms with van der Waals surface area (Å²) in [4.78, 5) is 5.35. The topological polar surface area (TPSA) is 32.5 Å². The Morgan fingerprint density at radius 1 is 1.15 bits per heavy atom. The predicted octanol–water partition coefficient (Wildman–Crippen LogP) is 2.70. The lowest BCUT2D eigenvalue weighted by Crippen LogP contribution is -2.63. The molecule has 2 atom stereocenters. The minimum Gasteiger partial charge on any atom is -0.329 e. The first-order chi connectivity index (χ1) is 9.41. The van der Waals surface area contributed by atoms with Crippen LogP contribution < -0.4 is 5.73 Å². The summed E-state index contributed by atoms with van der Waals surface area (Å²) in [5.41, 5.74) is 6.87. The Kier molecular flexibility index (Phi) is 5.14. The van der Waals surface area contributed by atoms with E-state index in [0.29, 0.717) is 11.1 Å². The van der Waals surface area contributed by atoms with E-state index in [1.807, 2.05) is 0 Å². The molecule has 3 nitrogen and oxygen atoms in total. The summed E-state index contributed by atoms with van der Waals surface area (Å²) in [7, 11) is 0. The van der Waals surface area contributed by atoms with Gasteiger partial charge in [-0.2, -0.15) is 0 Å². The molecule has 2 N–H and O–H groups in total. The maximum Gasteiger partial charge on any atom is 0.0335 e. The fourth-order valence-corrected chi connectivity index (χ4v) is 4.26. The standard InChI is InChI=1S/C17H35N3/c1-5-15-7-6-8-17(13-15,14-18)20-11-9-19(10-12-20)16(2,3)4/h15H,5-14,18H2,1-4H3. The molecule has 1 saturated carbocycles. The third kappa shape index (κ3) is 3.37. The molecule has 20 heavy (non-hydrogen) atoms. The van der Waals surface area contributed by atoms with Crippen LogP contribution in [0.25, 0.3) is 0 Å². The number of hydrogen-bond donors (Lipinski definition) is 1. The molecule has 3 heteroatoms. The van der Waals surface area contributed by atoms with Crippen LogP contribution in [0.4, 0.5) is 0 Å². The lowest BCUT2D eigenvalue weighted by atomic mass is 9.73. The third-order valence-corrected chi connectivity index (χ3v) is 5.78. The molecule has 0 aromatic heterocycles. The zero-order valence-electron chi connectivity index (χ0n) is 14.1. The zero-order valence-corrected chi connectivity index (χ0v) is 14.1. The summed E-state index contributed by atoms with van der Waals surface area (Å²) >= 11 is 0. The second kappa shape index (κ2) is 6.33. The molecule has 1 saturated heterocycles. The highest BCUT2D eigenvalue weighted by atomic mass is 15.3. The van der Waals surface area contributed by atoms with Gasteiger partial charge in [-0.3, -0.25) is 9.80 Å². The largest absolute Gasteiger partial charge is 0.329 e. The summed E-state index contributed by atoms with van der Waals surface area (Å²) in [6.45, 7) is 15.0. The molecule has 0 amide bonds. The molecule has 2 aliphatic rings. The minimum atomic E-state index is 0.306. The van der Waals surface area contributed by atoms with Crippen LogP contribution in [0, 0.1) is 5.92 Å². The lowest BCUT2D eigenvalue weighted by Gasteiger charge is -2.52. The van der Waals surface area contributed by atoms with Crippen molar-refractivity contribution in [2.75, 3.05) is 32.7 Å². The van der Waals surface area contributed by atoms with Crippen LogP contribution in [0.15, 0.2) is 0 Å². The van der Waals surface area contributed by atoms with Gasteiger partial charge in [-0.1, -0.05) is 26.2 Å². The highest BCUT2D eigenvalue weighted by Gasteiger charge is 2.41. The maximum atomic E-state index is 6.25. The van der Waals surface area contributed by atoms with Gasteiger partial charge in [0.15, 0.2) is 0 Å². The van der Waals surface area contributed by atoms with Gasteiger partial charge in [-0.05, 0) is 39.5 Å². The Hall–Kier alpha value is -0.120. The van der Waals surface area contributed by atoms with Gasteiger partial charge in [0.05, 0.1) is 0 Å². The van der Waals surface area contributed by atoms with Crippen LogP contribution in [0.5, 0.6) is 0 Å². The number of nitrogens with zero attached hydrogens (tertiary/aromatic N) is 2. The van der Waals surface area contributed by atoms with Crippen molar-refractivity contribution in [3.63, 3.8) is 0 Å². The van der Waals surface area contributed by atoms with Gasteiger partial charge in [0.1, 0.15) is 0 Å². The van der Waals surface area contributed by atoms with Crippen LogP contribution in [-0.4, -0.2) is 53.6 Å². The van der Waals surface area contributed by atoms with Gasteiger partial charge in [0.2, 0.25) is 0 Å². The Labute approximate surface area is 125 Å². The van der Waals surface area contributed by atoms with Gasteiger partial charge in [-0.25, -0.2) is 0 Å². The highest BCUT2D eigenvalue weighted by molar-refractivity contribution is 4.98. The molecule has 0 aromatic carbocycles. The average Bonchev–Trinajstić information content (AvgIpc) is 2.46. The van der Waals surface area contributed by atoms with Gasteiger partial charge in [0, 0.05) is 43.8 Å². The normalized spacial score (nSPS) is 34.4. The van der Waals surface area contributed by atoms with Gasteiger partial charge >= 0.3 is 0 Å². The van der Waals surface area contributed by atoms with Gasteiger partial charge in [0.25, 0.3) is 0 Å². The summed E-state index contributed by atoms with van der Waals surface area (Å²) < 4.78 is 0. The van der Waals surface area contributed by atoms with Crippen molar-refractivity contribution in [2.24, 2.45) is 11.7 Å². The van der Waals surface area contributed by atoms with Gasteiger partial charge in [-0.15, -0.1) is 0 Å². The fraction of sp³-hybridized carbons (Fsp3) is 1.00. The van der Waals surface area contributed by atoms with E-state index in [-0.39, 0.29) is 0 Å². The van der Waals surface area contributed by atoms with Crippen molar-refractivity contribution in [3.8, 4) is 0 Å². The zero-order chi connectivity index (χ0) is 14.8. The third-order valence-electron chi connectivity index (χ3n) is 5.78. The van der Waals surface area contributed by atoms with E-state index in [2.05, 4.69) is 37.5 Å². The smallest absolute Gasteiger partial charge is 0.0335 e. The van der Waals surface area contributed by atoms with E-state index in [1.54, 1.807) is 0 Å². The molecule has 1 heterocycles. The average molecular weight is 281 g/mol. The van der Waals surface area contributed by atoms with E-state index >= 15 is 0 Å². The molecule has 118 valence electrons. The quantitative estimate of drug-likeness (QED) is 0.863. The molecule has 1 aliphatic carbocycles. The SMILES string of the molecule is CCC1CCCC(CN)(N2CCN(C(C)(C)C)CC2)C1. The molecule has 1 aliphatic heterocycles. The predicted molar refractivity (Wildman–Crippen MR) is 86.9 cm³/mol. The van der Waals surface area contributed by atoms with Crippen molar-refractivity contribution < 1.29 is 0 Å².